The summed E-state index contributed by atoms with van der Waals surface area (Å²) in [5.41, 5.74) is -0.324. The van der Waals surface area contributed by atoms with E-state index in [1.165, 1.54) is 0 Å². The van der Waals surface area contributed by atoms with Crippen LogP contribution in [-0.2, 0) is 9.59 Å². The Bertz CT molecular complexity index is 321. The lowest BCUT2D eigenvalue weighted by molar-refractivity contribution is -0.150. The zero-order valence-corrected chi connectivity index (χ0v) is 8.79. The molecule has 0 bridgehead atoms. The van der Waals surface area contributed by atoms with E-state index in [9.17, 15) is 9.59 Å². The van der Waals surface area contributed by atoms with Crippen LogP contribution in [-0.4, -0.2) is 34.8 Å². The van der Waals surface area contributed by atoms with E-state index < -0.39 is 0 Å². The van der Waals surface area contributed by atoms with Crippen LogP contribution in [0.15, 0.2) is 0 Å². The summed E-state index contributed by atoms with van der Waals surface area (Å²) >= 11 is 0. The second-order valence-corrected chi connectivity index (χ2v) is 4.91. The molecule has 1 aliphatic carbocycles. The number of hydrogen-bond acceptors (Lipinski definition) is 3. The molecule has 4 nitrogen and oxygen atoms in total. The van der Waals surface area contributed by atoms with E-state index >= 15 is 0 Å². The highest BCUT2D eigenvalue weighted by atomic mass is 16.2. The number of carbonyl (C=O) groups is 2. The normalized spacial score (nSPS) is 34.5. The second-order valence-electron chi connectivity index (χ2n) is 4.91. The fourth-order valence-electron chi connectivity index (χ4n) is 3.47. The molecule has 3 fully saturated rings. The van der Waals surface area contributed by atoms with Crippen LogP contribution >= 0.6 is 0 Å². The fraction of sp³-hybridized carbons (Fsp3) is 0.818. The maximum absolute atomic E-state index is 12.0. The molecule has 2 aliphatic heterocycles. The van der Waals surface area contributed by atoms with Crippen molar-refractivity contribution < 1.29 is 9.59 Å². The average molecular weight is 208 g/mol. The number of carbonyl (C=O) groups excluding carboxylic acids is 2. The Hall–Kier alpha value is -0.900. The van der Waals surface area contributed by atoms with Gasteiger partial charge < -0.3 is 0 Å². The number of hydrogen-bond donors (Lipinski definition) is 1. The lowest BCUT2D eigenvalue weighted by atomic mass is 9.90. The number of amides is 2. The molecule has 2 saturated heterocycles. The molecular weight excluding hydrogens is 192 g/mol. The van der Waals surface area contributed by atoms with Crippen LogP contribution in [0, 0.1) is 0 Å². The summed E-state index contributed by atoms with van der Waals surface area (Å²) in [6, 6.07) is -0.0270. The highest BCUT2D eigenvalue weighted by Crippen LogP contribution is 2.41. The molecule has 15 heavy (non-hydrogen) atoms. The Kier molecular flexibility index (Phi) is 1.89. The molecule has 82 valence electrons. The van der Waals surface area contributed by atoms with Gasteiger partial charge in [-0.1, -0.05) is 12.8 Å². The minimum Gasteiger partial charge on any atom is -0.293 e. The van der Waals surface area contributed by atoms with Gasteiger partial charge in [0, 0.05) is 6.54 Å². The first-order valence-corrected chi connectivity index (χ1v) is 5.86. The van der Waals surface area contributed by atoms with Crippen molar-refractivity contribution in [3.8, 4) is 0 Å². The van der Waals surface area contributed by atoms with Gasteiger partial charge in [0.15, 0.2) is 0 Å². The van der Waals surface area contributed by atoms with Gasteiger partial charge in [-0.05, 0) is 25.7 Å². The Labute approximate surface area is 89.0 Å². The molecule has 0 radical (unpaired) electrons. The van der Waals surface area contributed by atoms with Crippen molar-refractivity contribution >= 4 is 11.8 Å². The highest BCUT2D eigenvalue weighted by molar-refractivity contribution is 6.05. The quantitative estimate of drug-likeness (QED) is 0.587. The molecule has 3 aliphatic rings. The van der Waals surface area contributed by atoms with Gasteiger partial charge in [-0.15, -0.1) is 0 Å². The molecule has 0 aromatic carbocycles. The summed E-state index contributed by atoms with van der Waals surface area (Å²) < 4.78 is 0. The lowest BCUT2D eigenvalue weighted by Crippen LogP contribution is -2.68. The molecule has 2 amide bonds. The lowest BCUT2D eigenvalue weighted by Gasteiger charge is -2.44. The minimum absolute atomic E-state index is 0.0270. The van der Waals surface area contributed by atoms with Crippen molar-refractivity contribution in [3.63, 3.8) is 0 Å². The summed E-state index contributed by atoms with van der Waals surface area (Å²) in [6.45, 7) is 0.920. The van der Waals surface area contributed by atoms with Crippen LogP contribution in [0.5, 0.6) is 0 Å². The minimum atomic E-state index is -0.324. The third-order valence-electron chi connectivity index (χ3n) is 4.20. The van der Waals surface area contributed by atoms with E-state index in [0.717, 1.165) is 45.1 Å². The van der Waals surface area contributed by atoms with Crippen LogP contribution in [0.3, 0.4) is 0 Å². The molecule has 0 unspecified atom stereocenters. The SMILES string of the molecule is O=C1NC(=O)C2(CCCC2)N2CCC[C@H]12. The highest BCUT2D eigenvalue weighted by Gasteiger charge is 2.55. The summed E-state index contributed by atoms with van der Waals surface area (Å²) in [7, 11) is 0. The van der Waals surface area contributed by atoms with Crippen LogP contribution in [0.1, 0.15) is 38.5 Å². The van der Waals surface area contributed by atoms with Crippen molar-refractivity contribution in [1.29, 1.82) is 0 Å². The van der Waals surface area contributed by atoms with Gasteiger partial charge >= 0.3 is 0 Å². The van der Waals surface area contributed by atoms with E-state index in [-0.39, 0.29) is 23.4 Å². The van der Waals surface area contributed by atoms with Gasteiger partial charge in [-0.3, -0.25) is 19.8 Å². The topological polar surface area (TPSA) is 49.4 Å². The average Bonchev–Trinajstić information content (AvgIpc) is 2.85. The molecule has 0 aromatic rings. The molecule has 3 rings (SSSR count). The first-order chi connectivity index (χ1) is 7.24. The molecule has 1 atom stereocenters. The number of fused-ring (bicyclic) bond motifs is 2. The van der Waals surface area contributed by atoms with E-state index in [1.54, 1.807) is 0 Å². The van der Waals surface area contributed by atoms with E-state index in [0.29, 0.717) is 0 Å². The maximum Gasteiger partial charge on any atom is 0.247 e. The van der Waals surface area contributed by atoms with Crippen molar-refractivity contribution in [2.24, 2.45) is 0 Å². The predicted octanol–water partition coefficient (Wildman–Crippen LogP) is 0.420. The Balaban J connectivity index is 1.99. The van der Waals surface area contributed by atoms with Gasteiger partial charge in [0.1, 0.15) is 5.54 Å². The number of piperazine rings is 1. The number of rotatable bonds is 0. The van der Waals surface area contributed by atoms with Crippen LogP contribution in [0.2, 0.25) is 0 Å². The number of nitrogens with zero attached hydrogens (tertiary/aromatic N) is 1. The summed E-state index contributed by atoms with van der Waals surface area (Å²) in [5, 5.41) is 2.56. The molecule has 1 N–H and O–H groups in total. The van der Waals surface area contributed by atoms with Crippen LogP contribution in [0.4, 0.5) is 0 Å². The Morgan fingerprint density at radius 1 is 1.20 bits per heavy atom. The molecular formula is C11H16N2O2. The van der Waals surface area contributed by atoms with Gasteiger partial charge in [0.2, 0.25) is 11.8 Å². The first kappa shape index (κ1) is 9.33. The maximum atomic E-state index is 12.0. The molecule has 0 aromatic heterocycles. The second kappa shape index (κ2) is 3.04. The molecule has 1 saturated carbocycles. The zero-order chi connectivity index (χ0) is 10.5. The molecule has 2 heterocycles. The molecule has 1 spiro atoms. The monoisotopic (exact) mass is 208 g/mol. The van der Waals surface area contributed by atoms with E-state index in [2.05, 4.69) is 10.2 Å². The predicted molar refractivity (Wildman–Crippen MR) is 54.1 cm³/mol. The molecule has 4 heteroatoms. The summed E-state index contributed by atoms with van der Waals surface area (Å²) in [4.78, 5) is 25.8. The Morgan fingerprint density at radius 3 is 2.67 bits per heavy atom. The third-order valence-corrected chi connectivity index (χ3v) is 4.20. The fourth-order valence-corrected chi connectivity index (χ4v) is 3.47. The number of imide groups is 1. The van der Waals surface area contributed by atoms with Crippen LogP contribution < -0.4 is 5.32 Å². The van der Waals surface area contributed by atoms with Crippen molar-refractivity contribution in [2.45, 2.75) is 50.1 Å². The Morgan fingerprint density at radius 2 is 1.93 bits per heavy atom. The van der Waals surface area contributed by atoms with Gasteiger partial charge in [0.05, 0.1) is 6.04 Å². The van der Waals surface area contributed by atoms with E-state index in [4.69, 9.17) is 0 Å². The first-order valence-electron chi connectivity index (χ1n) is 5.86. The standard InChI is InChI=1S/C11H16N2O2/c14-9-8-4-3-7-13(8)11(10(15)12-9)5-1-2-6-11/h8H,1-7H2,(H,12,14,15)/t8-/m1/s1. The smallest absolute Gasteiger partial charge is 0.247 e. The zero-order valence-electron chi connectivity index (χ0n) is 8.79. The third kappa shape index (κ3) is 1.11. The summed E-state index contributed by atoms with van der Waals surface area (Å²) in [5.74, 6) is -0.113. The van der Waals surface area contributed by atoms with Gasteiger partial charge in [-0.25, -0.2) is 0 Å². The van der Waals surface area contributed by atoms with Gasteiger partial charge in [-0.2, -0.15) is 0 Å². The van der Waals surface area contributed by atoms with Crippen molar-refractivity contribution in [2.75, 3.05) is 6.54 Å². The van der Waals surface area contributed by atoms with Crippen molar-refractivity contribution in [3.05, 3.63) is 0 Å². The van der Waals surface area contributed by atoms with Crippen LogP contribution in [0.25, 0.3) is 0 Å². The summed E-state index contributed by atoms with van der Waals surface area (Å²) in [6.07, 6.45) is 6.06. The largest absolute Gasteiger partial charge is 0.293 e. The van der Waals surface area contributed by atoms with Gasteiger partial charge in [0.25, 0.3) is 0 Å². The van der Waals surface area contributed by atoms with E-state index in [1.807, 2.05) is 0 Å². The van der Waals surface area contributed by atoms with Crippen molar-refractivity contribution in [1.82, 2.24) is 10.2 Å². The number of nitrogens with one attached hydrogen (secondary N) is 1.